The highest BCUT2D eigenvalue weighted by atomic mass is 15.0. The van der Waals surface area contributed by atoms with Crippen LogP contribution in [0.4, 0.5) is 0 Å². The van der Waals surface area contributed by atoms with E-state index in [4.69, 9.17) is 0 Å². The minimum atomic E-state index is 0.0500. The largest absolute Gasteiger partial charge is 0.232 e. The zero-order valence-electron chi connectivity index (χ0n) is 13.1. The van der Waals surface area contributed by atoms with Crippen LogP contribution in [0.5, 0.6) is 0 Å². The highest BCUT2D eigenvalue weighted by Gasteiger charge is 2.18. The molecule has 0 saturated heterocycles. The molecule has 0 aliphatic heterocycles. The molecule has 0 bridgehead atoms. The monoisotopic (exact) mass is 312 g/mol. The molecule has 0 fully saturated rings. The van der Waals surface area contributed by atoms with Crippen molar-refractivity contribution in [1.82, 2.24) is 9.97 Å². The van der Waals surface area contributed by atoms with Crippen LogP contribution in [0.2, 0.25) is 0 Å². The van der Waals surface area contributed by atoms with Crippen LogP contribution in [-0.2, 0) is 6.54 Å². The van der Waals surface area contributed by atoms with Crippen LogP contribution in [0.1, 0.15) is 22.6 Å². The third-order valence-electron chi connectivity index (χ3n) is 3.62. The summed E-state index contributed by atoms with van der Waals surface area (Å²) in [5.41, 5.74) is 3.42. The minimum absolute atomic E-state index is 0.0500. The summed E-state index contributed by atoms with van der Waals surface area (Å²) in [6, 6.07) is 17.5. The SMILES string of the molecule is Cc1cc[n+](Cc2nc(C#N)c(C#N)nc2-c2ccccc2)cc1. The lowest BCUT2D eigenvalue weighted by atomic mass is 10.1. The van der Waals surface area contributed by atoms with Crippen LogP contribution < -0.4 is 4.57 Å². The molecule has 0 radical (unpaired) electrons. The van der Waals surface area contributed by atoms with Crippen molar-refractivity contribution in [2.24, 2.45) is 0 Å². The van der Waals surface area contributed by atoms with Gasteiger partial charge in [0.1, 0.15) is 17.8 Å². The van der Waals surface area contributed by atoms with Gasteiger partial charge >= 0.3 is 0 Å². The lowest BCUT2D eigenvalue weighted by molar-refractivity contribution is -0.688. The topological polar surface area (TPSA) is 77.2 Å². The number of nitriles is 2. The molecule has 0 atom stereocenters. The second-order valence-electron chi connectivity index (χ2n) is 5.35. The number of hydrogen-bond acceptors (Lipinski definition) is 4. The quantitative estimate of drug-likeness (QED) is 0.696. The predicted octanol–water partition coefficient (Wildman–Crippen LogP) is 2.53. The van der Waals surface area contributed by atoms with Crippen molar-refractivity contribution >= 4 is 0 Å². The molecule has 5 nitrogen and oxygen atoms in total. The summed E-state index contributed by atoms with van der Waals surface area (Å²) in [6.07, 6.45) is 3.91. The zero-order chi connectivity index (χ0) is 16.9. The smallest absolute Gasteiger partial charge is 0.192 e. The fourth-order valence-corrected chi connectivity index (χ4v) is 2.37. The van der Waals surface area contributed by atoms with Crippen LogP contribution in [0.15, 0.2) is 54.9 Å². The Kier molecular flexibility index (Phi) is 4.27. The van der Waals surface area contributed by atoms with E-state index in [1.165, 1.54) is 0 Å². The lowest BCUT2D eigenvalue weighted by Gasteiger charge is -2.07. The van der Waals surface area contributed by atoms with Crippen LogP contribution in [0.3, 0.4) is 0 Å². The van der Waals surface area contributed by atoms with Gasteiger partial charge in [-0.25, -0.2) is 9.97 Å². The Hall–Kier alpha value is -3.57. The Bertz CT molecular complexity index is 948. The summed E-state index contributed by atoms with van der Waals surface area (Å²) in [4.78, 5) is 8.78. The van der Waals surface area contributed by atoms with Crippen LogP contribution in [0, 0.1) is 29.6 Å². The fourth-order valence-electron chi connectivity index (χ4n) is 2.37. The van der Waals surface area contributed by atoms with Gasteiger partial charge in [0.15, 0.2) is 30.3 Å². The Balaban J connectivity index is 2.14. The molecule has 2 heterocycles. The second kappa shape index (κ2) is 6.68. The van der Waals surface area contributed by atoms with E-state index in [1.807, 2.05) is 78.5 Å². The molecule has 3 rings (SSSR count). The van der Waals surface area contributed by atoms with Gasteiger partial charge in [-0.2, -0.15) is 15.1 Å². The first-order valence-corrected chi connectivity index (χ1v) is 7.43. The summed E-state index contributed by atoms with van der Waals surface area (Å²) in [7, 11) is 0. The van der Waals surface area contributed by atoms with E-state index in [2.05, 4.69) is 9.97 Å². The van der Waals surface area contributed by atoms with E-state index in [0.717, 1.165) is 11.1 Å². The molecule has 3 aromatic rings. The van der Waals surface area contributed by atoms with Crippen molar-refractivity contribution in [2.45, 2.75) is 13.5 Å². The Morgan fingerprint density at radius 3 is 2.17 bits per heavy atom. The van der Waals surface area contributed by atoms with Gasteiger partial charge in [0, 0.05) is 17.7 Å². The first-order chi connectivity index (χ1) is 11.7. The van der Waals surface area contributed by atoms with Gasteiger partial charge in [0.2, 0.25) is 0 Å². The van der Waals surface area contributed by atoms with Crippen molar-refractivity contribution in [3.05, 3.63) is 77.5 Å². The Morgan fingerprint density at radius 2 is 1.54 bits per heavy atom. The van der Waals surface area contributed by atoms with Crippen molar-refractivity contribution in [3.63, 3.8) is 0 Å². The molecule has 0 aliphatic carbocycles. The summed E-state index contributed by atoms with van der Waals surface area (Å²) < 4.78 is 1.97. The minimum Gasteiger partial charge on any atom is -0.232 e. The molecular weight excluding hydrogens is 298 g/mol. The maximum atomic E-state index is 9.23. The van der Waals surface area contributed by atoms with Crippen molar-refractivity contribution < 1.29 is 4.57 Å². The average Bonchev–Trinajstić information content (AvgIpc) is 2.64. The van der Waals surface area contributed by atoms with Crippen molar-refractivity contribution in [3.8, 4) is 23.4 Å². The third-order valence-corrected chi connectivity index (χ3v) is 3.62. The average molecular weight is 312 g/mol. The van der Waals surface area contributed by atoms with Crippen molar-refractivity contribution in [2.75, 3.05) is 0 Å². The summed E-state index contributed by atoms with van der Waals surface area (Å²) in [5, 5.41) is 18.5. The molecule has 0 amide bonds. The standard InChI is InChI=1S/C19H14N5/c1-14-7-9-24(10-8-14)13-18-19(15-5-3-2-4-6-15)23-17(12-21)16(11-20)22-18/h2-10H,13H2,1H3/q+1. The Labute approximate surface area is 140 Å². The van der Waals surface area contributed by atoms with Gasteiger partial charge in [-0.3, -0.25) is 0 Å². The summed E-state index contributed by atoms with van der Waals surface area (Å²) in [5.74, 6) is 0. The number of aromatic nitrogens is 3. The number of aryl methyl sites for hydroxylation is 1. The van der Waals surface area contributed by atoms with E-state index < -0.39 is 0 Å². The number of hydrogen-bond donors (Lipinski definition) is 0. The molecule has 114 valence electrons. The molecule has 0 unspecified atom stereocenters. The molecule has 2 aromatic heterocycles. The normalized spacial score (nSPS) is 9.96. The van der Waals surface area contributed by atoms with Gasteiger partial charge < -0.3 is 0 Å². The highest BCUT2D eigenvalue weighted by molar-refractivity contribution is 5.62. The van der Waals surface area contributed by atoms with E-state index >= 15 is 0 Å². The van der Waals surface area contributed by atoms with Crippen molar-refractivity contribution in [1.29, 1.82) is 10.5 Å². The first kappa shape index (κ1) is 15.3. The van der Waals surface area contributed by atoms with Gasteiger partial charge in [0.25, 0.3) is 0 Å². The zero-order valence-corrected chi connectivity index (χ0v) is 13.1. The molecule has 1 aromatic carbocycles. The molecule has 24 heavy (non-hydrogen) atoms. The molecular formula is C19H14N5+. The molecule has 0 spiro atoms. The first-order valence-electron chi connectivity index (χ1n) is 7.43. The maximum absolute atomic E-state index is 9.23. The summed E-state index contributed by atoms with van der Waals surface area (Å²) >= 11 is 0. The molecule has 0 aliphatic rings. The van der Waals surface area contributed by atoms with Gasteiger partial charge in [-0.15, -0.1) is 0 Å². The van der Waals surface area contributed by atoms with Crippen LogP contribution >= 0.6 is 0 Å². The second-order valence-corrected chi connectivity index (χ2v) is 5.35. The number of nitrogens with zero attached hydrogens (tertiary/aromatic N) is 5. The van der Waals surface area contributed by atoms with E-state index in [-0.39, 0.29) is 11.4 Å². The van der Waals surface area contributed by atoms with Gasteiger partial charge in [0.05, 0.1) is 5.69 Å². The number of pyridine rings is 1. The Morgan fingerprint density at radius 1 is 0.917 bits per heavy atom. The number of rotatable bonds is 3. The van der Waals surface area contributed by atoms with Crippen LogP contribution in [0.25, 0.3) is 11.3 Å². The number of benzene rings is 1. The molecule has 0 N–H and O–H groups in total. The van der Waals surface area contributed by atoms with Crippen LogP contribution in [-0.4, -0.2) is 9.97 Å². The third kappa shape index (κ3) is 3.11. The van der Waals surface area contributed by atoms with Gasteiger partial charge in [-0.1, -0.05) is 30.3 Å². The fraction of sp³-hybridized carbons (Fsp3) is 0.105. The lowest BCUT2D eigenvalue weighted by Crippen LogP contribution is -2.34. The maximum Gasteiger partial charge on any atom is 0.192 e. The van der Waals surface area contributed by atoms with Gasteiger partial charge in [-0.05, 0) is 12.5 Å². The van der Waals surface area contributed by atoms with E-state index in [0.29, 0.717) is 17.9 Å². The van der Waals surface area contributed by atoms with E-state index in [1.54, 1.807) is 0 Å². The summed E-state index contributed by atoms with van der Waals surface area (Å²) in [6.45, 7) is 2.49. The highest BCUT2D eigenvalue weighted by Crippen LogP contribution is 2.21. The molecule has 0 saturated carbocycles. The van der Waals surface area contributed by atoms with E-state index in [9.17, 15) is 10.5 Å². The molecule has 5 heteroatoms. The predicted molar refractivity (Wildman–Crippen MR) is 87.4 cm³/mol.